The van der Waals surface area contributed by atoms with Crippen molar-refractivity contribution in [2.75, 3.05) is 49.9 Å². The minimum atomic E-state index is 0.131. The van der Waals surface area contributed by atoms with E-state index in [0.29, 0.717) is 18.8 Å². The Morgan fingerprint density at radius 3 is 2.08 bits per heavy atom. The van der Waals surface area contributed by atoms with Crippen molar-refractivity contribution in [2.45, 2.75) is 23.9 Å². The first kappa shape index (κ1) is 26.1. The molecule has 0 aliphatic carbocycles. The van der Waals surface area contributed by atoms with E-state index >= 15 is 0 Å². The molecule has 3 aromatic carbocycles. The maximum Gasteiger partial charge on any atom is 0.233 e. The molecule has 2 fully saturated rings. The maximum atomic E-state index is 13.3. The quantitative estimate of drug-likeness (QED) is 0.263. The number of carbonyl (C=O) groups excluding carboxylic acids is 1. The van der Waals surface area contributed by atoms with Crippen molar-refractivity contribution in [1.82, 2.24) is 19.8 Å². The zero-order chi connectivity index (χ0) is 26.6. The van der Waals surface area contributed by atoms with Gasteiger partial charge in [-0.05, 0) is 48.2 Å². The van der Waals surface area contributed by atoms with Gasteiger partial charge in [0.2, 0.25) is 5.91 Å². The first-order chi connectivity index (χ1) is 19.2. The summed E-state index contributed by atoms with van der Waals surface area (Å²) in [6.07, 6.45) is 2.34. The van der Waals surface area contributed by atoms with E-state index in [1.807, 2.05) is 47.4 Å². The molecule has 0 spiro atoms. The molecule has 1 amide bonds. The van der Waals surface area contributed by atoms with Crippen LogP contribution in [0.5, 0.6) is 0 Å². The number of piperazine rings is 1. The van der Waals surface area contributed by atoms with Crippen LogP contribution in [-0.4, -0.2) is 70.7 Å². The van der Waals surface area contributed by atoms with Gasteiger partial charge in [0.05, 0.1) is 22.8 Å². The van der Waals surface area contributed by atoms with E-state index in [1.165, 1.54) is 35.7 Å². The molecule has 1 atom stereocenters. The highest BCUT2D eigenvalue weighted by molar-refractivity contribution is 8.00. The van der Waals surface area contributed by atoms with Crippen molar-refractivity contribution in [2.24, 2.45) is 0 Å². The van der Waals surface area contributed by atoms with Gasteiger partial charge in [-0.3, -0.25) is 9.69 Å². The van der Waals surface area contributed by atoms with Gasteiger partial charge < -0.3 is 9.80 Å². The van der Waals surface area contributed by atoms with Gasteiger partial charge in [0, 0.05) is 44.3 Å². The van der Waals surface area contributed by atoms with Gasteiger partial charge in [-0.15, -0.1) is 0 Å². The predicted octanol–water partition coefficient (Wildman–Crippen LogP) is 5.91. The molecule has 0 N–H and O–H groups in total. The number of nitrogens with zero attached hydrogens (tertiary/aromatic N) is 5. The summed E-state index contributed by atoms with van der Waals surface area (Å²) in [4.78, 5) is 30.0. The van der Waals surface area contributed by atoms with E-state index < -0.39 is 0 Å². The first-order valence-corrected chi connectivity index (χ1v) is 15.0. The Kier molecular flexibility index (Phi) is 8.00. The average Bonchev–Trinajstić information content (AvgIpc) is 3.52. The molecule has 1 aromatic heterocycles. The summed E-state index contributed by atoms with van der Waals surface area (Å²) in [6, 6.07) is 26.8. The molecule has 8 heteroatoms. The molecule has 0 radical (unpaired) electrons. The fourth-order valence-corrected chi connectivity index (χ4v) is 6.59. The molecular formula is C31H32ClN5OS. The number of fused-ring (bicyclic) bond motifs is 1. The number of thioether (sulfide) groups is 1. The smallest absolute Gasteiger partial charge is 0.233 e. The average molecular weight is 558 g/mol. The van der Waals surface area contributed by atoms with Gasteiger partial charge in [0.15, 0.2) is 5.82 Å². The number of hydrogen-bond donors (Lipinski definition) is 0. The fourth-order valence-electron chi connectivity index (χ4n) is 5.55. The molecule has 2 aliphatic heterocycles. The maximum absolute atomic E-state index is 13.3. The normalized spacial score (nSPS) is 17.1. The van der Waals surface area contributed by atoms with E-state index in [0.717, 1.165) is 53.1 Å². The molecule has 0 saturated carbocycles. The molecule has 6 rings (SSSR count). The predicted molar refractivity (Wildman–Crippen MR) is 160 cm³/mol. The van der Waals surface area contributed by atoms with Crippen LogP contribution >= 0.6 is 23.4 Å². The van der Waals surface area contributed by atoms with Crippen LogP contribution in [0.1, 0.15) is 30.0 Å². The molecule has 39 heavy (non-hydrogen) atoms. The monoisotopic (exact) mass is 557 g/mol. The van der Waals surface area contributed by atoms with Gasteiger partial charge in [-0.2, -0.15) is 0 Å². The lowest BCUT2D eigenvalue weighted by molar-refractivity contribution is -0.130. The van der Waals surface area contributed by atoms with Crippen LogP contribution < -0.4 is 4.90 Å². The zero-order valence-corrected chi connectivity index (χ0v) is 23.4. The largest absolute Gasteiger partial charge is 0.354 e. The van der Waals surface area contributed by atoms with Gasteiger partial charge in [0.25, 0.3) is 0 Å². The number of carbonyl (C=O) groups is 1. The van der Waals surface area contributed by atoms with E-state index in [4.69, 9.17) is 21.6 Å². The van der Waals surface area contributed by atoms with Crippen LogP contribution in [0.4, 0.5) is 5.82 Å². The minimum Gasteiger partial charge on any atom is -0.354 e. The van der Waals surface area contributed by atoms with Crippen LogP contribution in [0.25, 0.3) is 11.0 Å². The van der Waals surface area contributed by atoms with E-state index in [1.54, 1.807) is 0 Å². The number of halogens is 1. The summed E-state index contributed by atoms with van der Waals surface area (Å²) in [5.41, 5.74) is 4.24. The number of aromatic nitrogens is 2. The van der Waals surface area contributed by atoms with E-state index in [9.17, 15) is 4.79 Å². The number of anilines is 1. The van der Waals surface area contributed by atoms with Crippen LogP contribution in [0, 0.1) is 0 Å². The molecule has 1 unspecified atom stereocenters. The summed E-state index contributed by atoms with van der Waals surface area (Å²) >= 11 is 7.70. The zero-order valence-electron chi connectivity index (χ0n) is 21.9. The van der Waals surface area contributed by atoms with E-state index in [-0.39, 0.29) is 11.9 Å². The first-order valence-electron chi connectivity index (χ1n) is 13.6. The molecule has 200 valence electrons. The Balaban J connectivity index is 1.13. The molecule has 0 bridgehead atoms. The van der Waals surface area contributed by atoms with Crippen LogP contribution in [-0.2, 0) is 4.79 Å². The number of benzene rings is 3. The lowest BCUT2D eigenvalue weighted by atomic mass is 9.96. The third-order valence-electron chi connectivity index (χ3n) is 7.59. The Bertz CT molecular complexity index is 1420. The van der Waals surface area contributed by atoms with Crippen molar-refractivity contribution in [3.8, 4) is 0 Å². The fraction of sp³-hybridized carbons (Fsp3) is 0.323. The number of rotatable bonds is 7. The second-order valence-corrected chi connectivity index (χ2v) is 11.5. The molecule has 6 nitrogen and oxygen atoms in total. The van der Waals surface area contributed by atoms with Gasteiger partial charge >= 0.3 is 0 Å². The molecule has 2 aliphatic rings. The van der Waals surface area contributed by atoms with E-state index in [2.05, 4.69) is 46.2 Å². The summed E-state index contributed by atoms with van der Waals surface area (Å²) in [6.45, 7) is 5.03. The van der Waals surface area contributed by atoms with Crippen molar-refractivity contribution in [3.63, 3.8) is 0 Å². The standard InChI is InChI=1S/C31H32ClN5OS/c32-25-14-12-24(13-15-25)29(23-8-2-1-3-9-23)36-20-18-35(19-21-36)28(38)22-39-31-30(37-16-6-7-17-37)33-26-10-4-5-11-27(26)34-31/h1-5,8-15,29H,6-7,16-22H2. The second-order valence-electron chi connectivity index (χ2n) is 10.1. The highest BCUT2D eigenvalue weighted by atomic mass is 35.5. The van der Waals surface area contributed by atoms with Gasteiger partial charge in [0.1, 0.15) is 5.03 Å². The number of hydrogen-bond acceptors (Lipinski definition) is 6. The topological polar surface area (TPSA) is 52.6 Å². The lowest BCUT2D eigenvalue weighted by Gasteiger charge is -2.39. The van der Waals surface area contributed by atoms with Gasteiger partial charge in [-0.25, -0.2) is 9.97 Å². The second kappa shape index (κ2) is 11.9. The molecular weight excluding hydrogens is 526 g/mol. The van der Waals surface area contributed by atoms with Crippen molar-refractivity contribution in [3.05, 3.63) is 95.0 Å². The van der Waals surface area contributed by atoms with Crippen LogP contribution in [0.3, 0.4) is 0 Å². The Hall–Kier alpha value is -3.13. The van der Waals surface area contributed by atoms with Crippen molar-refractivity contribution in [1.29, 1.82) is 0 Å². The molecule has 4 aromatic rings. The van der Waals surface area contributed by atoms with Gasteiger partial charge in [-0.1, -0.05) is 78.0 Å². The highest BCUT2D eigenvalue weighted by Crippen LogP contribution is 2.33. The summed E-state index contributed by atoms with van der Waals surface area (Å²) < 4.78 is 0. The van der Waals surface area contributed by atoms with Crippen LogP contribution in [0.15, 0.2) is 83.9 Å². The Morgan fingerprint density at radius 2 is 1.38 bits per heavy atom. The lowest BCUT2D eigenvalue weighted by Crippen LogP contribution is -2.50. The Labute approximate surface area is 239 Å². The number of amides is 1. The Morgan fingerprint density at radius 1 is 0.769 bits per heavy atom. The summed E-state index contributed by atoms with van der Waals surface area (Å²) in [5, 5.41) is 1.59. The summed E-state index contributed by atoms with van der Waals surface area (Å²) in [5.74, 6) is 1.44. The minimum absolute atomic E-state index is 0.131. The highest BCUT2D eigenvalue weighted by Gasteiger charge is 2.29. The summed E-state index contributed by atoms with van der Waals surface area (Å²) in [7, 11) is 0. The third-order valence-corrected chi connectivity index (χ3v) is 8.78. The molecule has 3 heterocycles. The van der Waals surface area contributed by atoms with Crippen molar-refractivity contribution < 1.29 is 4.79 Å². The number of para-hydroxylation sites is 2. The van der Waals surface area contributed by atoms with Crippen molar-refractivity contribution >= 4 is 46.1 Å². The molecule has 2 saturated heterocycles. The van der Waals surface area contributed by atoms with Crippen LogP contribution in [0.2, 0.25) is 5.02 Å². The third kappa shape index (κ3) is 5.91. The SMILES string of the molecule is O=C(CSc1nc2ccccc2nc1N1CCCC1)N1CCN(C(c2ccccc2)c2ccc(Cl)cc2)CC1.